The van der Waals surface area contributed by atoms with Crippen LogP contribution in [-0.2, 0) is 16.2 Å². The molecule has 3 aromatic carbocycles. The minimum Gasteiger partial charge on any atom is -0.309 e. The molecular formula is C28H30N2O. The van der Waals surface area contributed by atoms with Gasteiger partial charge < -0.3 is 4.90 Å². The molecule has 158 valence electrons. The lowest BCUT2D eigenvalue weighted by Gasteiger charge is -2.50. The van der Waals surface area contributed by atoms with Crippen LogP contribution in [0.1, 0.15) is 76.3 Å². The van der Waals surface area contributed by atoms with Crippen molar-refractivity contribution in [3.8, 4) is 0 Å². The van der Waals surface area contributed by atoms with Gasteiger partial charge >= 0.3 is 0 Å². The number of fused-ring (bicyclic) bond motifs is 4. The third-order valence-corrected chi connectivity index (χ3v) is 7.35. The number of nitroso groups, excluding NO2 is 1. The largest absolute Gasteiger partial charge is 0.309 e. The highest BCUT2D eigenvalue weighted by Gasteiger charge is 2.46. The Hall–Kier alpha value is -2.94. The van der Waals surface area contributed by atoms with Crippen LogP contribution in [0.15, 0.2) is 59.8 Å². The molecule has 0 bridgehead atoms. The second-order valence-electron chi connectivity index (χ2n) is 11.0. The van der Waals surface area contributed by atoms with E-state index >= 15 is 0 Å². The van der Waals surface area contributed by atoms with Gasteiger partial charge in [-0.25, -0.2) is 0 Å². The van der Waals surface area contributed by atoms with Gasteiger partial charge in [-0.3, -0.25) is 0 Å². The van der Waals surface area contributed by atoms with Crippen molar-refractivity contribution in [2.75, 3.05) is 4.90 Å². The van der Waals surface area contributed by atoms with Gasteiger partial charge in [0, 0.05) is 10.8 Å². The highest BCUT2D eigenvalue weighted by molar-refractivity contribution is 5.94. The van der Waals surface area contributed by atoms with Crippen LogP contribution in [0.2, 0.25) is 0 Å². The van der Waals surface area contributed by atoms with E-state index in [9.17, 15) is 4.91 Å². The summed E-state index contributed by atoms with van der Waals surface area (Å²) in [5, 5.41) is 3.24. The van der Waals surface area contributed by atoms with E-state index in [1.54, 1.807) is 0 Å². The summed E-state index contributed by atoms with van der Waals surface area (Å²) in [6, 6.07) is 19.3. The summed E-state index contributed by atoms with van der Waals surface area (Å²) in [6.07, 6.45) is 0. The van der Waals surface area contributed by atoms with E-state index < -0.39 is 0 Å². The molecule has 3 nitrogen and oxygen atoms in total. The number of rotatable bonds is 1. The van der Waals surface area contributed by atoms with Crippen molar-refractivity contribution in [3.63, 3.8) is 0 Å². The molecule has 0 radical (unpaired) electrons. The second-order valence-corrected chi connectivity index (χ2v) is 11.0. The van der Waals surface area contributed by atoms with E-state index in [2.05, 4.69) is 101 Å². The van der Waals surface area contributed by atoms with Crippen molar-refractivity contribution >= 4 is 22.7 Å². The monoisotopic (exact) mass is 410 g/mol. The zero-order valence-electron chi connectivity index (χ0n) is 19.5. The summed E-state index contributed by atoms with van der Waals surface area (Å²) < 4.78 is 0. The number of anilines is 3. The van der Waals surface area contributed by atoms with Gasteiger partial charge in [0.2, 0.25) is 0 Å². The minimum absolute atomic E-state index is 0.00864. The van der Waals surface area contributed by atoms with Crippen molar-refractivity contribution in [2.24, 2.45) is 5.18 Å². The smallest absolute Gasteiger partial charge is 0.108 e. The highest BCUT2D eigenvalue weighted by atomic mass is 16.3. The maximum atomic E-state index is 11.4. The quantitative estimate of drug-likeness (QED) is 0.379. The van der Waals surface area contributed by atoms with E-state index in [1.165, 1.54) is 33.6 Å². The molecule has 3 heteroatoms. The van der Waals surface area contributed by atoms with E-state index in [-0.39, 0.29) is 16.2 Å². The molecule has 0 aromatic heterocycles. The topological polar surface area (TPSA) is 32.7 Å². The Bertz CT molecular complexity index is 1240. The first-order chi connectivity index (χ1) is 14.5. The fraction of sp³-hybridized carbons (Fsp3) is 0.357. The minimum atomic E-state index is -0.234. The van der Waals surface area contributed by atoms with Crippen LogP contribution in [0.3, 0.4) is 0 Å². The zero-order valence-corrected chi connectivity index (χ0v) is 19.5. The predicted molar refractivity (Wildman–Crippen MR) is 130 cm³/mol. The van der Waals surface area contributed by atoms with Crippen LogP contribution in [0.5, 0.6) is 0 Å². The molecular weight excluding hydrogens is 380 g/mol. The molecule has 0 saturated heterocycles. The Balaban J connectivity index is 1.97. The number of hydrogen-bond acceptors (Lipinski definition) is 3. The molecule has 2 aliphatic heterocycles. The van der Waals surface area contributed by atoms with Crippen LogP contribution in [0, 0.1) is 4.91 Å². The van der Waals surface area contributed by atoms with E-state index in [4.69, 9.17) is 0 Å². The standard InChI is InChI=1S/C28H30N2O/c1-26(2,3)18-10-8-11-19-24(18)30-23-15-14-17(29-31)16-22(23)28(6,7)21-13-9-12-20(25(21)30)27(19,4)5/h8-16H,1-7H3. The molecule has 2 aliphatic rings. The summed E-state index contributed by atoms with van der Waals surface area (Å²) >= 11 is 0. The molecule has 0 amide bonds. The van der Waals surface area contributed by atoms with Gasteiger partial charge in [0.25, 0.3) is 0 Å². The maximum Gasteiger partial charge on any atom is 0.108 e. The summed E-state index contributed by atoms with van der Waals surface area (Å²) in [4.78, 5) is 13.8. The molecule has 0 aliphatic carbocycles. The molecule has 0 spiro atoms. The summed E-state index contributed by atoms with van der Waals surface area (Å²) in [5.74, 6) is 0. The van der Waals surface area contributed by atoms with Crippen molar-refractivity contribution in [3.05, 3.63) is 87.3 Å². The van der Waals surface area contributed by atoms with Gasteiger partial charge in [0.1, 0.15) is 5.69 Å². The van der Waals surface area contributed by atoms with Gasteiger partial charge in [-0.1, -0.05) is 84.9 Å². The van der Waals surface area contributed by atoms with E-state index in [0.29, 0.717) is 5.69 Å². The number of benzene rings is 3. The second kappa shape index (κ2) is 6.06. The Labute approximate surface area is 185 Å². The van der Waals surface area contributed by atoms with Crippen LogP contribution in [0.4, 0.5) is 22.7 Å². The van der Waals surface area contributed by atoms with E-state index in [1.807, 2.05) is 12.1 Å². The van der Waals surface area contributed by atoms with Crippen molar-refractivity contribution in [1.82, 2.24) is 0 Å². The SMILES string of the molecule is CC(C)(C)c1cccc2c1N1c3ccc(N=O)cc3C(C)(C)c3cccc(c31)C2(C)C. The third-order valence-electron chi connectivity index (χ3n) is 7.35. The molecule has 0 unspecified atom stereocenters. The first-order valence-corrected chi connectivity index (χ1v) is 11.1. The molecule has 0 saturated carbocycles. The average molecular weight is 411 g/mol. The van der Waals surface area contributed by atoms with Gasteiger partial charge in [-0.15, -0.1) is 4.91 Å². The summed E-state index contributed by atoms with van der Waals surface area (Å²) in [6.45, 7) is 16.0. The zero-order chi connectivity index (χ0) is 22.3. The number of para-hydroxylation sites is 2. The van der Waals surface area contributed by atoms with Crippen molar-refractivity contribution in [2.45, 2.75) is 64.7 Å². The number of hydrogen-bond donors (Lipinski definition) is 0. The lowest BCUT2D eigenvalue weighted by atomic mass is 9.65. The lowest BCUT2D eigenvalue weighted by Crippen LogP contribution is -2.39. The normalized spacial score (nSPS) is 17.5. The van der Waals surface area contributed by atoms with E-state index in [0.717, 1.165) is 11.3 Å². The van der Waals surface area contributed by atoms with Crippen LogP contribution in [0.25, 0.3) is 0 Å². The Morgan fingerprint density at radius 3 is 1.87 bits per heavy atom. The fourth-order valence-corrected chi connectivity index (χ4v) is 5.61. The van der Waals surface area contributed by atoms with Crippen LogP contribution in [-0.4, -0.2) is 0 Å². The predicted octanol–water partition coefficient (Wildman–Crippen LogP) is 8.13. The highest BCUT2D eigenvalue weighted by Crippen LogP contribution is 2.61. The van der Waals surface area contributed by atoms with Crippen molar-refractivity contribution in [1.29, 1.82) is 0 Å². The molecule has 0 N–H and O–H groups in total. The molecule has 0 fully saturated rings. The van der Waals surface area contributed by atoms with Gasteiger partial charge in [-0.2, -0.15) is 0 Å². The van der Waals surface area contributed by atoms with Crippen LogP contribution < -0.4 is 4.90 Å². The van der Waals surface area contributed by atoms with Gasteiger partial charge in [0.15, 0.2) is 0 Å². The average Bonchev–Trinajstić information content (AvgIpc) is 2.72. The molecule has 3 aromatic rings. The van der Waals surface area contributed by atoms with Crippen molar-refractivity contribution < 1.29 is 0 Å². The van der Waals surface area contributed by atoms with Gasteiger partial charge in [-0.05, 0) is 56.6 Å². The van der Waals surface area contributed by atoms with Gasteiger partial charge in [0.05, 0.1) is 17.1 Å². The van der Waals surface area contributed by atoms with Crippen LogP contribution >= 0.6 is 0 Å². The number of nitrogens with zero attached hydrogens (tertiary/aromatic N) is 2. The summed E-state index contributed by atoms with van der Waals surface area (Å²) in [7, 11) is 0. The Morgan fingerprint density at radius 2 is 1.29 bits per heavy atom. The Morgan fingerprint density at radius 1 is 0.742 bits per heavy atom. The molecule has 5 rings (SSSR count). The Kier molecular flexibility index (Phi) is 3.91. The molecule has 0 atom stereocenters. The maximum absolute atomic E-state index is 11.4. The fourth-order valence-electron chi connectivity index (χ4n) is 5.61. The lowest BCUT2D eigenvalue weighted by molar-refractivity contribution is 0.570. The summed E-state index contributed by atoms with van der Waals surface area (Å²) in [5.41, 5.74) is 10.3. The molecule has 2 heterocycles. The molecule has 31 heavy (non-hydrogen) atoms. The third kappa shape index (κ3) is 2.52. The first kappa shape index (κ1) is 20.0. The first-order valence-electron chi connectivity index (χ1n) is 11.1.